The minimum absolute atomic E-state index is 0.215. The number of hydrogen-bond donors (Lipinski definition) is 0. The summed E-state index contributed by atoms with van der Waals surface area (Å²) in [7, 11) is 0. The molecule has 1 aromatic heterocycles. The van der Waals surface area contributed by atoms with Crippen LogP contribution in [0.4, 0.5) is 0 Å². The molecule has 0 amide bonds. The van der Waals surface area contributed by atoms with Gasteiger partial charge in [0, 0.05) is 19.6 Å². The standard InChI is InChI=1S/C15H24ClN3O2/c1-5-9-18(11-14(20)21-8-4)10-13-15(16)12(6-2)17-19(13)7-3/h5H,1,6-11H2,2-4H3. The van der Waals surface area contributed by atoms with Crippen LogP contribution in [-0.2, 0) is 29.0 Å². The number of carbonyl (C=O) groups excluding carboxylic acids is 1. The van der Waals surface area contributed by atoms with Gasteiger partial charge in [0.05, 0.1) is 29.6 Å². The topological polar surface area (TPSA) is 47.4 Å². The van der Waals surface area contributed by atoms with Gasteiger partial charge in [0.15, 0.2) is 0 Å². The van der Waals surface area contributed by atoms with Crippen LogP contribution in [0.2, 0.25) is 5.02 Å². The van der Waals surface area contributed by atoms with E-state index < -0.39 is 0 Å². The molecular weight excluding hydrogens is 290 g/mol. The van der Waals surface area contributed by atoms with Gasteiger partial charge in [-0.1, -0.05) is 24.6 Å². The van der Waals surface area contributed by atoms with Crippen molar-refractivity contribution in [3.8, 4) is 0 Å². The number of carbonyl (C=O) groups is 1. The lowest BCUT2D eigenvalue weighted by atomic mass is 10.3. The van der Waals surface area contributed by atoms with Gasteiger partial charge in [-0.05, 0) is 20.3 Å². The molecule has 21 heavy (non-hydrogen) atoms. The summed E-state index contributed by atoms with van der Waals surface area (Å²) < 4.78 is 6.89. The molecule has 0 saturated carbocycles. The molecule has 0 fully saturated rings. The third-order valence-corrected chi connectivity index (χ3v) is 3.55. The average molecular weight is 314 g/mol. The second-order valence-electron chi connectivity index (χ2n) is 4.64. The van der Waals surface area contributed by atoms with Crippen molar-refractivity contribution in [2.45, 2.75) is 40.3 Å². The van der Waals surface area contributed by atoms with Gasteiger partial charge in [-0.25, -0.2) is 0 Å². The van der Waals surface area contributed by atoms with E-state index in [0.29, 0.717) is 24.7 Å². The Morgan fingerprint density at radius 1 is 1.48 bits per heavy atom. The van der Waals surface area contributed by atoms with E-state index in [1.807, 2.05) is 23.4 Å². The molecule has 6 heteroatoms. The van der Waals surface area contributed by atoms with E-state index in [2.05, 4.69) is 11.7 Å². The summed E-state index contributed by atoms with van der Waals surface area (Å²) in [4.78, 5) is 13.6. The lowest BCUT2D eigenvalue weighted by molar-refractivity contribution is -0.144. The van der Waals surface area contributed by atoms with E-state index in [0.717, 1.165) is 24.4 Å². The summed E-state index contributed by atoms with van der Waals surface area (Å²) in [5.41, 5.74) is 1.82. The van der Waals surface area contributed by atoms with Gasteiger partial charge < -0.3 is 4.74 Å². The number of rotatable bonds is 9. The van der Waals surface area contributed by atoms with Crippen molar-refractivity contribution in [3.63, 3.8) is 0 Å². The molecule has 5 nitrogen and oxygen atoms in total. The Morgan fingerprint density at radius 2 is 2.19 bits per heavy atom. The van der Waals surface area contributed by atoms with Crippen LogP contribution in [0.15, 0.2) is 12.7 Å². The fourth-order valence-corrected chi connectivity index (χ4v) is 2.47. The number of esters is 1. The van der Waals surface area contributed by atoms with Gasteiger partial charge in [0.25, 0.3) is 0 Å². The number of aromatic nitrogens is 2. The first-order valence-corrected chi connectivity index (χ1v) is 7.67. The van der Waals surface area contributed by atoms with Crippen molar-refractivity contribution in [1.82, 2.24) is 14.7 Å². The highest BCUT2D eigenvalue weighted by atomic mass is 35.5. The quantitative estimate of drug-likeness (QED) is 0.519. The highest BCUT2D eigenvalue weighted by Gasteiger charge is 2.18. The zero-order valence-corrected chi connectivity index (χ0v) is 13.8. The van der Waals surface area contributed by atoms with Crippen LogP contribution < -0.4 is 0 Å². The Balaban J connectivity index is 2.90. The highest BCUT2D eigenvalue weighted by molar-refractivity contribution is 6.31. The van der Waals surface area contributed by atoms with Crippen LogP contribution >= 0.6 is 11.6 Å². The second-order valence-corrected chi connectivity index (χ2v) is 5.02. The predicted octanol–water partition coefficient (Wildman–Crippen LogP) is 2.67. The molecule has 0 radical (unpaired) electrons. The van der Waals surface area contributed by atoms with Crippen LogP contribution in [0, 0.1) is 0 Å². The molecule has 0 unspecified atom stereocenters. The number of aryl methyl sites for hydroxylation is 2. The van der Waals surface area contributed by atoms with Gasteiger partial charge in [-0.15, -0.1) is 6.58 Å². The summed E-state index contributed by atoms with van der Waals surface area (Å²) in [6, 6.07) is 0. The molecule has 0 aliphatic heterocycles. The normalized spacial score (nSPS) is 10.9. The van der Waals surface area contributed by atoms with Gasteiger partial charge >= 0.3 is 5.97 Å². The van der Waals surface area contributed by atoms with Crippen LogP contribution in [-0.4, -0.2) is 40.3 Å². The first-order valence-electron chi connectivity index (χ1n) is 7.30. The van der Waals surface area contributed by atoms with E-state index in [4.69, 9.17) is 16.3 Å². The third-order valence-electron chi connectivity index (χ3n) is 3.11. The molecule has 0 aliphatic carbocycles. The molecule has 1 aromatic rings. The van der Waals surface area contributed by atoms with Crippen LogP contribution in [0.1, 0.15) is 32.2 Å². The number of ether oxygens (including phenoxy) is 1. The van der Waals surface area contributed by atoms with Crippen molar-refractivity contribution in [1.29, 1.82) is 0 Å². The maximum absolute atomic E-state index is 11.7. The molecule has 1 rings (SSSR count). The van der Waals surface area contributed by atoms with Gasteiger partial charge in [-0.3, -0.25) is 14.4 Å². The van der Waals surface area contributed by atoms with E-state index in [-0.39, 0.29) is 12.5 Å². The molecule has 1 heterocycles. The highest BCUT2D eigenvalue weighted by Crippen LogP contribution is 2.23. The van der Waals surface area contributed by atoms with Crippen molar-refractivity contribution in [2.24, 2.45) is 0 Å². The van der Waals surface area contributed by atoms with Crippen molar-refractivity contribution >= 4 is 17.6 Å². The maximum atomic E-state index is 11.7. The van der Waals surface area contributed by atoms with Crippen LogP contribution in [0.3, 0.4) is 0 Å². The molecule has 0 aliphatic rings. The van der Waals surface area contributed by atoms with E-state index in [9.17, 15) is 4.79 Å². The number of hydrogen-bond acceptors (Lipinski definition) is 4. The predicted molar refractivity (Wildman–Crippen MR) is 84.4 cm³/mol. The Kier molecular flexibility index (Phi) is 7.47. The number of nitrogens with zero attached hydrogens (tertiary/aromatic N) is 3. The first kappa shape index (κ1) is 17.7. The second kappa shape index (κ2) is 8.85. The van der Waals surface area contributed by atoms with E-state index in [1.165, 1.54) is 0 Å². The smallest absolute Gasteiger partial charge is 0.320 e. The molecule has 0 bridgehead atoms. The van der Waals surface area contributed by atoms with E-state index in [1.54, 1.807) is 13.0 Å². The minimum Gasteiger partial charge on any atom is -0.465 e. The summed E-state index contributed by atoms with van der Waals surface area (Å²) in [5, 5.41) is 5.18. The zero-order valence-electron chi connectivity index (χ0n) is 13.1. The Bertz CT molecular complexity index is 486. The fourth-order valence-electron chi connectivity index (χ4n) is 2.14. The molecular formula is C15H24ClN3O2. The summed E-state index contributed by atoms with van der Waals surface area (Å²) in [6.07, 6.45) is 2.55. The average Bonchev–Trinajstić information content (AvgIpc) is 2.75. The lowest BCUT2D eigenvalue weighted by Gasteiger charge is -2.20. The Morgan fingerprint density at radius 3 is 2.71 bits per heavy atom. The Hall–Kier alpha value is -1.33. The lowest BCUT2D eigenvalue weighted by Crippen LogP contribution is -2.31. The van der Waals surface area contributed by atoms with E-state index >= 15 is 0 Å². The first-order chi connectivity index (χ1) is 10.1. The zero-order chi connectivity index (χ0) is 15.8. The molecule has 0 atom stereocenters. The molecule has 0 aromatic carbocycles. The van der Waals surface area contributed by atoms with Crippen molar-refractivity contribution in [2.75, 3.05) is 19.7 Å². The molecule has 0 spiro atoms. The summed E-state index contributed by atoms with van der Waals surface area (Å²) >= 11 is 6.40. The molecule has 118 valence electrons. The SMILES string of the molecule is C=CCN(CC(=O)OCC)Cc1c(Cl)c(CC)nn1CC. The van der Waals surface area contributed by atoms with Gasteiger partial charge in [0.1, 0.15) is 0 Å². The van der Waals surface area contributed by atoms with Gasteiger partial charge in [0.2, 0.25) is 0 Å². The maximum Gasteiger partial charge on any atom is 0.320 e. The van der Waals surface area contributed by atoms with Crippen molar-refractivity contribution < 1.29 is 9.53 Å². The largest absolute Gasteiger partial charge is 0.465 e. The van der Waals surface area contributed by atoms with Crippen LogP contribution in [0.25, 0.3) is 0 Å². The minimum atomic E-state index is -0.242. The monoisotopic (exact) mass is 313 g/mol. The summed E-state index contributed by atoms with van der Waals surface area (Å²) in [6.45, 7) is 12.1. The van der Waals surface area contributed by atoms with Gasteiger partial charge in [-0.2, -0.15) is 5.10 Å². The molecule has 0 saturated heterocycles. The fraction of sp³-hybridized carbons (Fsp3) is 0.600. The third kappa shape index (κ3) is 4.86. The Labute approximate surface area is 131 Å². The van der Waals surface area contributed by atoms with Crippen LogP contribution in [0.5, 0.6) is 0 Å². The molecule has 0 N–H and O–H groups in total. The van der Waals surface area contributed by atoms with Crippen molar-refractivity contribution in [3.05, 3.63) is 29.1 Å². The summed E-state index contributed by atoms with van der Waals surface area (Å²) in [5.74, 6) is -0.242. The number of halogens is 1.